The molecule has 4 aromatic carbocycles. The Bertz CT molecular complexity index is 6750. The van der Waals surface area contributed by atoms with Crippen molar-refractivity contribution in [3.05, 3.63) is 214 Å². The Hall–Kier alpha value is -16.4. The number of hydrogen-bond donors (Lipinski definition) is 8. The minimum atomic E-state index is -0.432. The molecule has 656 valence electrons. The van der Waals surface area contributed by atoms with Gasteiger partial charge >= 0.3 is 6.01 Å². The van der Waals surface area contributed by atoms with E-state index in [1.165, 1.54) is 10.6 Å². The molecule has 1 saturated carbocycles. The van der Waals surface area contributed by atoms with Crippen molar-refractivity contribution in [2.24, 2.45) is 0 Å². The maximum atomic E-state index is 12.1. The van der Waals surface area contributed by atoms with E-state index in [-0.39, 0.29) is 78.1 Å². The van der Waals surface area contributed by atoms with Crippen molar-refractivity contribution < 1.29 is 47.8 Å². The molecule has 8 fully saturated rings. The van der Waals surface area contributed by atoms with Gasteiger partial charge in [0.05, 0.1) is 67.7 Å². The highest BCUT2D eigenvalue weighted by Crippen LogP contribution is 2.34. The lowest BCUT2D eigenvalue weighted by Gasteiger charge is -2.35. The summed E-state index contributed by atoms with van der Waals surface area (Å²) in [7, 11) is 2.12. The standard InChI is InChI=1S/C25H23N9O2.C22H24N8O2.C21H21N7O3.C20H14ClN7O3/c35-21-15-17(23(36)29-21)14-18-16-27-34-22(18)30-24(31-25(34)28-19-6-2-1-3-7-19)33-12-10-32(11-13-33)20-8-4-5-9-26-20;1-28-8-5-9-29(11-10-28)21-26-19-16(12-15-13-18(31)25-20(15)32)14-23-30(19)22(27-21)24-17-6-3-2-4-7-17;29-17-12-14(19(30)24-17)11-15-13-22-28-18(15)25-20(27-7-4-9-31-10-8-27)26-21(28)23-16-5-2-1-3-6-16;21-15-7-14(4-1-10(15)8-22)31-20-26-17-12(5-11-6-16(29)25-18(11)30)9-23-28(17)19(27-20)24-13-2-3-13/h1-9,14,16H,10-13,15H2,(H,28,30,31)(H,29,35,36);2-4,6-7,12,14H,5,8-11,13H2,1H3,(H,24,26,27)(H,25,31,32);1-3,5-6,11,13H,4,7-10,12H2,(H,23,25,26)(H,24,29,30);1,4-5,7,9,13H,2-3,6H2,(H,24,26,27)(H,25,29,30)/b17-14+;15-12+;14-11+;11-5+. The van der Waals surface area contributed by atoms with Gasteiger partial charge in [-0.15, -0.1) is 0 Å². The molecule has 7 saturated heterocycles. The SMILES string of the molecule is CN1CCCN(c2nc(Nc3ccccc3)n3ncc(/C=C4\CC(=O)NC4=O)c3n2)CC1.N#Cc1ccc(Oc2nc(NC3CC3)n3ncc(/C=C4\CC(=O)NC4=O)c3n2)cc1Cl.O=C1C/C(=C\c2cnn3c(Nc4ccccc4)nc(N4CCCOCC4)nc23)C(=O)N1.O=C1C/C(=C\c2cnn3c(Nc4ccccc4)nc(N4CCN(c5ccccn5)CC4)nc23)C(=O)N1. The average Bonchev–Trinajstić information content (AvgIpc) is 1.60. The van der Waals surface area contributed by atoms with Crippen LogP contribution in [0.15, 0.2) is 181 Å². The number of nitriles is 1. The van der Waals surface area contributed by atoms with Crippen LogP contribution in [-0.2, 0) is 43.1 Å². The molecule has 0 atom stereocenters. The molecule has 0 bridgehead atoms. The lowest BCUT2D eigenvalue weighted by Crippen LogP contribution is -2.47. The number of anilines is 11. The predicted octanol–water partition coefficient (Wildman–Crippen LogP) is 7.43. The number of imide groups is 4. The first kappa shape index (κ1) is 84.5. The van der Waals surface area contributed by atoms with Crippen LogP contribution in [0.4, 0.5) is 64.5 Å². The topological polar surface area (TPSA) is 476 Å². The second-order valence-electron chi connectivity index (χ2n) is 31.1. The van der Waals surface area contributed by atoms with E-state index in [9.17, 15) is 38.4 Å². The number of piperazine rings is 1. The number of likely N-dealkylation sites (N-methyl/N-ethyl adjacent to an activating group) is 1. The highest BCUT2D eigenvalue weighted by Gasteiger charge is 2.32. The van der Waals surface area contributed by atoms with E-state index in [1.807, 2.05) is 115 Å². The molecule has 7 aliphatic heterocycles. The molecule has 130 heavy (non-hydrogen) atoms. The number of carbonyl (C=O) groups excluding carboxylic acids is 8. The van der Waals surface area contributed by atoms with E-state index in [2.05, 4.69) is 109 Å². The van der Waals surface area contributed by atoms with Crippen LogP contribution in [0, 0.1) is 11.3 Å². The normalized spacial score (nSPS) is 17.9. The highest BCUT2D eigenvalue weighted by molar-refractivity contribution is 6.32. The first-order valence-electron chi connectivity index (χ1n) is 41.9. The summed E-state index contributed by atoms with van der Waals surface area (Å²) in [5, 5.41) is 49.4. The van der Waals surface area contributed by atoms with Crippen molar-refractivity contribution in [3.63, 3.8) is 0 Å². The molecule has 21 rings (SSSR count). The number of halogens is 1. The zero-order valence-corrected chi connectivity index (χ0v) is 70.5. The maximum absolute atomic E-state index is 12.1. The number of aromatic nitrogens is 17. The minimum Gasteiger partial charge on any atom is -0.424 e. The second kappa shape index (κ2) is 37.8. The summed E-state index contributed by atoms with van der Waals surface area (Å²) < 4.78 is 17.7. The molecule has 0 radical (unpaired) electrons. The fourth-order valence-electron chi connectivity index (χ4n) is 15.0. The predicted molar refractivity (Wildman–Crippen MR) is 479 cm³/mol. The zero-order valence-electron chi connectivity index (χ0n) is 69.8. The number of nitrogens with zero attached hydrogens (tertiary/aromatic N) is 23. The molecular weight excluding hydrogens is 1690 g/mol. The molecule has 9 aromatic heterocycles. The summed E-state index contributed by atoms with van der Waals surface area (Å²) in [5.41, 5.74) is 9.02. The number of rotatable bonds is 18. The van der Waals surface area contributed by atoms with Gasteiger partial charge in [-0.25, -0.2) is 4.98 Å². The van der Waals surface area contributed by atoms with Crippen LogP contribution < -0.4 is 66.9 Å². The van der Waals surface area contributed by atoms with E-state index in [4.69, 9.17) is 56.2 Å². The third kappa shape index (κ3) is 19.7. The lowest BCUT2D eigenvalue weighted by molar-refractivity contribution is -0.125. The molecule has 0 unspecified atom stereocenters. The number of ether oxygens (including phenoxy) is 2. The van der Waals surface area contributed by atoms with Crippen LogP contribution in [0.3, 0.4) is 0 Å². The second-order valence-corrected chi connectivity index (χ2v) is 31.5. The van der Waals surface area contributed by atoms with Gasteiger partial charge in [-0.2, -0.15) is 83.6 Å². The summed E-state index contributed by atoms with van der Waals surface area (Å²) in [6, 6.07) is 42.0. The summed E-state index contributed by atoms with van der Waals surface area (Å²) in [6.45, 7) is 9.41. The van der Waals surface area contributed by atoms with Gasteiger partial charge in [0.1, 0.15) is 17.6 Å². The summed E-state index contributed by atoms with van der Waals surface area (Å²) in [5.74, 6) is 2.20. The first-order chi connectivity index (χ1) is 63.4. The van der Waals surface area contributed by atoms with Crippen LogP contribution in [0.2, 0.25) is 5.02 Å². The number of fused-ring (bicyclic) bond motifs is 4. The fraction of sp³-hybridized carbons (Fsp3) is 0.250. The van der Waals surface area contributed by atoms with E-state index in [0.717, 1.165) is 107 Å². The first-order valence-corrected chi connectivity index (χ1v) is 42.3. The zero-order chi connectivity index (χ0) is 89.3. The molecular formula is C88H82ClN31O10. The number of benzene rings is 4. The average molecular weight is 1770 g/mol. The van der Waals surface area contributed by atoms with Crippen molar-refractivity contribution in [1.29, 1.82) is 5.26 Å². The number of hydrogen-bond acceptors (Lipinski definition) is 33. The van der Waals surface area contributed by atoms with Gasteiger partial charge in [-0.05, 0) is 124 Å². The third-order valence-corrected chi connectivity index (χ3v) is 22.1. The Kier molecular flexibility index (Phi) is 24.6. The van der Waals surface area contributed by atoms with Crippen LogP contribution in [-0.4, -0.2) is 227 Å². The third-order valence-electron chi connectivity index (χ3n) is 21.7. The van der Waals surface area contributed by atoms with Crippen LogP contribution in [0.25, 0.3) is 46.9 Å². The van der Waals surface area contributed by atoms with E-state index in [1.54, 1.807) is 81.0 Å². The van der Waals surface area contributed by atoms with Gasteiger partial charge in [0.2, 0.25) is 65.3 Å². The molecule has 16 heterocycles. The Balaban J connectivity index is 0.000000117. The van der Waals surface area contributed by atoms with Crippen molar-refractivity contribution >= 4 is 170 Å². The van der Waals surface area contributed by atoms with Crippen molar-refractivity contribution in [3.8, 4) is 17.8 Å². The van der Waals surface area contributed by atoms with E-state index in [0.29, 0.717) is 146 Å². The highest BCUT2D eigenvalue weighted by atomic mass is 35.5. The number of pyridine rings is 1. The van der Waals surface area contributed by atoms with Gasteiger partial charge in [0.15, 0.2) is 22.6 Å². The smallest absolute Gasteiger partial charge is 0.327 e. The van der Waals surface area contributed by atoms with Crippen molar-refractivity contribution in [1.82, 2.24) is 109 Å². The maximum Gasteiger partial charge on any atom is 0.327 e. The molecule has 8 amide bonds. The Labute approximate surface area is 744 Å². The van der Waals surface area contributed by atoms with E-state index < -0.39 is 5.91 Å². The van der Waals surface area contributed by atoms with E-state index >= 15 is 0 Å². The molecule has 41 nitrogen and oxygen atoms in total. The number of carbonyl (C=O) groups is 8. The monoisotopic (exact) mass is 1770 g/mol. The Morgan fingerprint density at radius 3 is 1.26 bits per heavy atom. The minimum absolute atomic E-state index is 0.00152. The van der Waals surface area contributed by atoms with Crippen molar-refractivity contribution in [2.75, 3.05) is 127 Å². The molecule has 8 N–H and O–H groups in total. The number of para-hydroxylation sites is 3. The molecule has 8 aliphatic rings. The van der Waals surface area contributed by atoms with Gasteiger partial charge < -0.3 is 55.2 Å². The fourth-order valence-corrected chi connectivity index (χ4v) is 15.2. The molecule has 1 aliphatic carbocycles. The summed E-state index contributed by atoms with van der Waals surface area (Å²) in [4.78, 5) is 147. The Morgan fingerprint density at radius 2 is 0.846 bits per heavy atom. The van der Waals surface area contributed by atoms with Gasteiger partial charge in [-0.3, -0.25) is 59.6 Å². The quantitative estimate of drug-likeness (QED) is 0.0306. The molecule has 42 heteroatoms. The molecule has 0 spiro atoms. The number of amides is 8. The summed E-state index contributed by atoms with van der Waals surface area (Å²) in [6.07, 6.45) is 18.9. The van der Waals surface area contributed by atoms with Crippen LogP contribution >= 0.6 is 11.6 Å². The summed E-state index contributed by atoms with van der Waals surface area (Å²) >= 11 is 6.08. The number of nitrogens with one attached hydrogen (secondary N) is 8. The molecule has 13 aromatic rings. The van der Waals surface area contributed by atoms with Crippen LogP contribution in [0.5, 0.6) is 11.8 Å². The van der Waals surface area contributed by atoms with Gasteiger partial charge in [0, 0.05) is 145 Å². The Morgan fingerprint density at radius 1 is 0.438 bits per heavy atom. The lowest BCUT2D eigenvalue weighted by atomic mass is 10.1. The van der Waals surface area contributed by atoms with Crippen molar-refractivity contribution in [2.45, 2.75) is 57.4 Å². The van der Waals surface area contributed by atoms with Crippen LogP contribution in [0.1, 0.15) is 79.2 Å². The largest absolute Gasteiger partial charge is 0.424 e. The van der Waals surface area contributed by atoms with Gasteiger partial charge in [0.25, 0.3) is 23.6 Å². The van der Waals surface area contributed by atoms with Gasteiger partial charge in [-0.1, -0.05) is 72.3 Å².